The average Bonchev–Trinajstić information content (AvgIpc) is 2.54. The zero-order chi connectivity index (χ0) is 17.5. The van der Waals surface area contributed by atoms with Gasteiger partial charge in [-0.3, -0.25) is 4.79 Å². The normalized spacial score (nSPS) is 11.7. The third-order valence-electron chi connectivity index (χ3n) is 3.48. The van der Waals surface area contributed by atoms with Gasteiger partial charge in [-0.25, -0.2) is 0 Å². The summed E-state index contributed by atoms with van der Waals surface area (Å²) in [6.45, 7) is 6.16. The molecule has 0 unspecified atom stereocenters. The minimum absolute atomic E-state index is 0.0169. The third-order valence-corrected chi connectivity index (χ3v) is 3.73. The molecule has 5 heteroatoms. The van der Waals surface area contributed by atoms with Crippen molar-refractivity contribution in [2.24, 2.45) is 0 Å². The van der Waals surface area contributed by atoms with E-state index in [1.54, 1.807) is 24.3 Å². The molecule has 0 aromatic heterocycles. The van der Waals surface area contributed by atoms with Gasteiger partial charge < -0.3 is 14.8 Å². The van der Waals surface area contributed by atoms with Gasteiger partial charge in [0.05, 0.1) is 6.04 Å². The molecule has 0 bridgehead atoms. The molecule has 0 spiro atoms. The molecule has 0 fully saturated rings. The van der Waals surface area contributed by atoms with E-state index in [0.717, 1.165) is 16.9 Å². The molecule has 24 heavy (non-hydrogen) atoms. The monoisotopic (exact) mass is 347 g/mol. The number of halogens is 1. The van der Waals surface area contributed by atoms with Crippen LogP contribution in [0.3, 0.4) is 0 Å². The van der Waals surface area contributed by atoms with Crippen LogP contribution in [0, 0.1) is 13.8 Å². The van der Waals surface area contributed by atoms with Crippen LogP contribution in [0.15, 0.2) is 42.5 Å². The number of carbonyl (C=O) groups excluding carboxylic acids is 1. The number of hydrogen-bond acceptors (Lipinski definition) is 3. The van der Waals surface area contributed by atoms with Crippen LogP contribution in [0.1, 0.15) is 18.1 Å². The zero-order valence-electron chi connectivity index (χ0n) is 14.1. The number of nitrogens with one attached hydrogen (secondary N) is 1. The fraction of sp³-hybridized carbons (Fsp3) is 0.316. The molecule has 2 rings (SSSR count). The fourth-order valence-corrected chi connectivity index (χ4v) is 2.40. The quantitative estimate of drug-likeness (QED) is 0.825. The van der Waals surface area contributed by atoms with Crippen molar-refractivity contribution < 1.29 is 14.3 Å². The highest BCUT2D eigenvalue weighted by Gasteiger charge is 2.11. The molecule has 0 aliphatic rings. The predicted octanol–water partition coefficient (Wildman–Crippen LogP) is 3.92. The maximum atomic E-state index is 12.0. The molecule has 0 saturated heterocycles. The average molecular weight is 348 g/mol. The number of amides is 1. The van der Waals surface area contributed by atoms with Crippen LogP contribution < -0.4 is 14.8 Å². The van der Waals surface area contributed by atoms with Gasteiger partial charge in [-0.2, -0.15) is 0 Å². The molecule has 4 nitrogen and oxygen atoms in total. The first kappa shape index (κ1) is 18.1. The first-order valence-corrected chi connectivity index (χ1v) is 8.20. The van der Waals surface area contributed by atoms with Gasteiger partial charge in [-0.05, 0) is 56.2 Å². The molecule has 0 aliphatic heterocycles. The van der Waals surface area contributed by atoms with Crippen molar-refractivity contribution >= 4 is 17.5 Å². The first-order valence-electron chi connectivity index (χ1n) is 7.82. The van der Waals surface area contributed by atoms with Gasteiger partial charge in [0, 0.05) is 5.02 Å². The lowest BCUT2D eigenvalue weighted by Gasteiger charge is -2.16. The Labute approximate surface area is 147 Å². The maximum Gasteiger partial charge on any atom is 0.258 e. The van der Waals surface area contributed by atoms with Crippen LogP contribution in [0.4, 0.5) is 0 Å². The highest BCUT2D eigenvalue weighted by Crippen LogP contribution is 2.22. The van der Waals surface area contributed by atoms with Gasteiger partial charge in [0.1, 0.15) is 18.1 Å². The van der Waals surface area contributed by atoms with Gasteiger partial charge in [0.15, 0.2) is 6.61 Å². The molecule has 0 radical (unpaired) electrons. The van der Waals surface area contributed by atoms with E-state index in [1.807, 2.05) is 39.0 Å². The molecular weight excluding hydrogens is 326 g/mol. The summed E-state index contributed by atoms with van der Waals surface area (Å²) in [5.41, 5.74) is 2.03. The van der Waals surface area contributed by atoms with Crippen molar-refractivity contribution in [3.8, 4) is 11.5 Å². The Morgan fingerprint density at radius 2 is 1.71 bits per heavy atom. The molecule has 2 aromatic carbocycles. The minimum atomic E-state index is -0.176. The Bertz CT molecular complexity index is 665. The summed E-state index contributed by atoms with van der Waals surface area (Å²) < 4.78 is 11.2. The van der Waals surface area contributed by atoms with Crippen LogP contribution in [0.25, 0.3) is 0 Å². The van der Waals surface area contributed by atoms with E-state index in [0.29, 0.717) is 17.4 Å². The van der Waals surface area contributed by atoms with Crippen molar-refractivity contribution in [3.63, 3.8) is 0 Å². The van der Waals surface area contributed by atoms with Crippen LogP contribution in [0.5, 0.6) is 11.5 Å². The van der Waals surface area contributed by atoms with E-state index in [-0.39, 0.29) is 18.6 Å². The molecule has 1 amide bonds. The van der Waals surface area contributed by atoms with Gasteiger partial charge >= 0.3 is 0 Å². The van der Waals surface area contributed by atoms with E-state index >= 15 is 0 Å². The number of hydrogen-bond donors (Lipinski definition) is 1. The SMILES string of the molecule is Cc1cccc(C)c1OCC(=O)N[C@@H](C)COc1ccc(Cl)cc1. The van der Waals surface area contributed by atoms with Crippen molar-refractivity contribution in [1.29, 1.82) is 0 Å². The summed E-state index contributed by atoms with van der Waals surface area (Å²) in [5.74, 6) is 1.30. The van der Waals surface area contributed by atoms with Gasteiger partial charge in [0.2, 0.25) is 0 Å². The third kappa shape index (κ3) is 5.46. The molecule has 0 heterocycles. The van der Waals surface area contributed by atoms with Crippen molar-refractivity contribution in [2.75, 3.05) is 13.2 Å². The second kappa shape index (κ2) is 8.60. The van der Waals surface area contributed by atoms with E-state index in [4.69, 9.17) is 21.1 Å². The lowest BCUT2D eigenvalue weighted by molar-refractivity contribution is -0.123. The Hall–Kier alpha value is -2.20. The molecule has 0 aliphatic carbocycles. The Kier molecular flexibility index (Phi) is 6.50. The number of aryl methyl sites for hydroxylation is 2. The van der Waals surface area contributed by atoms with E-state index in [1.165, 1.54) is 0 Å². The number of carbonyl (C=O) groups is 1. The first-order chi connectivity index (χ1) is 11.5. The number of benzene rings is 2. The fourth-order valence-electron chi connectivity index (χ4n) is 2.27. The largest absolute Gasteiger partial charge is 0.491 e. The zero-order valence-corrected chi connectivity index (χ0v) is 14.9. The van der Waals surface area contributed by atoms with E-state index in [9.17, 15) is 4.79 Å². The lowest BCUT2D eigenvalue weighted by atomic mass is 10.1. The summed E-state index contributed by atoms with van der Waals surface area (Å²) in [5, 5.41) is 3.52. The van der Waals surface area contributed by atoms with Gasteiger partial charge in [-0.15, -0.1) is 0 Å². The lowest BCUT2D eigenvalue weighted by Crippen LogP contribution is -2.39. The van der Waals surface area contributed by atoms with E-state index in [2.05, 4.69) is 5.32 Å². The summed E-state index contributed by atoms with van der Waals surface area (Å²) in [6.07, 6.45) is 0. The maximum absolute atomic E-state index is 12.0. The van der Waals surface area contributed by atoms with Crippen LogP contribution in [-0.2, 0) is 4.79 Å². The standard InChI is InChI=1S/C19H22ClNO3/c1-13-5-4-6-14(2)19(13)24-12-18(22)21-15(3)11-23-17-9-7-16(20)8-10-17/h4-10,15H,11-12H2,1-3H3,(H,21,22)/t15-/m0/s1. The molecule has 1 N–H and O–H groups in total. The highest BCUT2D eigenvalue weighted by atomic mass is 35.5. The summed E-state index contributed by atoms with van der Waals surface area (Å²) in [4.78, 5) is 12.0. The highest BCUT2D eigenvalue weighted by molar-refractivity contribution is 6.30. The van der Waals surface area contributed by atoms with Crippen LogP contribution in [0.2, 0.25) is 5.02 Å². The molecule has 2 aromatic rings. The Morgan fingerprint density at radius 3 is 2.33 bits per heavy atom. The number of rotatable bonds is 7. The smallest absolute Gasteiger partial charge is 0.258 e. The minimum Gasteiger partial charge on any atom is -0.491 e. The number of para-hydroxylation sites is 1. The van der Waals surface area contributed by atoms with Crippen molar-refractivity contribution in [2.45, 2.75) is 26.8 Å². The van der Waals surface area contributed by atoms with Crippen LogP contribution >= 0.6 is 11.6 Å². The van der Waals surface area contributed by atoms with Crippen molar-refractivity contribution in [3.05, 3.63) is 58.6 Å². The number of ether oxygens (including phenoxy) is 2. The molecule has 0 saturated carbocycles. The van der Waals surface area contributed by atoms with E-state index < -0.39 is 0 Å². The topological polar surface area (TPSA) is 47.6 Å². The summed E-state index contributed by atoms with van der Waals surface area (Å²) in [7, 11) is 0. The van der Waals surface area contributed by atoms with Crippen LogP contribution in [-0.4, -0.2) is 25.2 Å². The summed E-state index contributed by atoms with van der Waals surface area (Å²) >= 11 is 5.82. The molecule has 128 valence electrons. The Balaban J connectivity index is 1.76. The van der Waals surface area contributed by atoms with Crippen molar-refractivity contribution in [1.82, 2.24) is 5.32 Å². The van der Waals surface area contributed by atoms with Gasteiger partial charge in [-0.1, -0.05) is 29.8 Å². The second-order valence-corrected chi connectivity index (χ2v) is 6.18. The summed E-state index contributed by atoms with van der Waals surface area (Å²) in [6, 6.07) is 12.9. The predicted molar refractivity (Wildman–Crippen MR) is 96.0 cm³/mol. The molecular formula is C19H22ClNO3. The second-order valence-electron chi connectivity index (χ2n) is 5.74. The molecule has 1 atom stereocenters. The van der Waals surface area contributed by atoms with Gasteiger partial charge in [0.25, 0.3) is 5.91 Å². The Morgan fingerprint density at radius 1 is 1.08 bits per heavy atom.